The summed E-state index contributed by atoms with van der Waals surface area (Å²) in [7, 11) is -2.29. The van der Waals surface area contributed by atoms with E-state index in [0.717, 1.165) is 0 Å². The van der Waals surface area contributed by atoms with E-state index in [2.05, 4.69) is 20.3 Å². The van der Waals surface area contributed by atoms with Crippen LogP contribution in [-0.2, 0) is 9.73 Å². The Hall–Kier alpha value is -0.420. The third-order valence-corrected chi connectivity index (χ3v) is 2.36. The quantitative estimate of drug-likeness (QED) is 0.768. The zero-order valence-corrected chi connectivity index (χ0v) is 9.65. The van der Waals surface area contributed by atoms with Gasteiger partial charge in [-0.1, -0.05) is 15.9 Å². The van der Waals surface area contributed by atoms with Crippen molar-refractivity contribution in [1.82, 2.24) is 0 Å². The molecular formula is C8H9BrFNOS. The van der Waals surface area contributed by atoms with Crippen LogP contribution >= 0.6 is 15.9 Å². The molecule has 0 spiro atoms. The Morgan fingerprint density at radius 1 is 1.46 bits per heavy atom. The summed E-state index contributed by atoms with van der Waals surface area (Å²) in [5, 5.41) is 0. The molecule has 0 radical (unpaired) electrons. The van der Waals surface area contributed by atoms with Crippen LogP contribution < -0.4 is 0 Å². The molecule has 13 heavy (non-hydrogen) atoms. The Labute approximate surface area is 85.5 Å². The highest BCUT2D eigenvalue weighted by atomic mass is 79.9. The molecule has 0 unspecified atom stereocenters. The molecule has 0 saturated heterocycles. The highest BCUT2D eigenvalue weighted by Crippen LogP contribution is 2.22. The molecule has 0 aliphatic heterocycles. The molecule has 2 nitrogen and oxygen atoms in total. The lowest BCUT2D eigenvalue weighted by molar-refractivity contribution is 0.628. The molecule has 0 heterocycles. The fourth-order valence-electron chi connectivity index (χ4n) is 0.792. The van der Waals surface area contributed by atoms with Gasteiger partial charge in [0, 0.05) is 26.7 Å². The van der Waals surface area contributed by atoms with E-state index in [1.807, 2.05) is 0 Å². The molecule has 0 aliphatic carbocycles. The zero-order valence-electron chi connectivity index (χ0n) is 7.25. The van der Waals surface area contributed by atoms with E-state index < -0.39 is 15.5 Å². The minimum absolute atomic E-state index is 0.137. The van der Waals surface area contributed by atoms with Crippen molar-refractivity contribution in [2.45, 2.75) is 0 Å². The van der Waals surface area contributed by atoms with Gasteiger partial charge in [0.05, 0.1) is 0 Å². The minimum atomic E-state index is -2.29. The molecule has 0 amide bonds. The van der Waals surface area contributed by atoms with E-state index in [1.54, 1.807) is 6.07 Å². The zero-order chi connectivity index (χ0) is 10.1. The van der Waals surface area contributed by atoms with Gasteiger partial charge in [-0.3, -0.25) is 0 Å². The first kappa shape index (κ1) is 10.7. The molecule has 0 bridgehead atoms. The van der Waals surface area contributed by atoms with E-state index in [1.165, 1.54) is 24.6 Å². The van der Waals surface area contributed by atoms with E-state index >= 15 is 0 Å². The third-order valence-electron chi connectivity index (χ3n) is 1.23. The lowest BCUT2D eigenvalue weighted by Crippen LogP contribution is -1.90. The SMILES string of the molecule is CS(C)(=O)=Nc1ccc(Br)cc1F. The van der Waals surface area contributed by atoms with E-state index in [0.29, 0.717) is 4.47 Å². The Bertz CT molecular complexity index is 430. The normalized spacial score (nSPS) is 11.4. The molecule has 0 aliphatic rings. The van der Waals surface area contributed by atoms with Crippen LogP contribution in [0.4, 0.5) is 10.1 Å². The first-order valence-corrected chi connectivity index (χ1v) is 6.63. The van der Waals surface area contributed by atoms with Crippen molar-refractivity contribution in [3.8, 4) is 0 Å². The number of hydrogen-bond donors (Lipinski definition) is 0. The maximum absolute atomic E-state index is 13.1. The summed E-state index contributed by atoms with van der Waals surface area (Å²) in [6.45, 7) is 0. The van der Waals surface area contributed by atoms with Crippen LogP contribution in [0.3, 0.4) is 0 Å². The molecule has 0 N–H and O–H groups in total. The van der Waals surface area contributed by atoms with Crippen molar-refractivity contribution >= 4 is 31.3 Å². The van der Waals surface area contributed by atoms with Gasteiger partial charge in [0.2, 0.25) is 0 Å². The Balaban J connectivity index is 3.26. The van der Waals surface area contributed by atoms with Gasteiger partial charge in [-0.05, 0) is 18.2 Å². The van der Waals surface area contributed by atoms with Crippen molar-refractivity contribution < 1.29 is 8.60 Å². The van der Waals surface area contributed by atoms with Crippen molar-refractivity contribution in [3.05, 3.63) is 28.5 Å². The van der Waals surface area contributed by atoms with Crippen molar-refractivity contribution in [1.29, 1.82) is 0 Å². The molecule has 1 aromatic rings. The second-order valence-corrected chi connectivity index (χ2v) is 6.33. The van der Waals surface area contributed by atoms with Crippen LogP contribution in [0.2, 0.25) is 0 Å². The Morgan fingerprint density at radius 2 is 2.08 bits per heavy atom. The number of rotatable bonds is 1. The number of benzene rings is 1. The van der Waals surface area contributed by atoms with Crippen molar-refractivity contribution in [3.63, 3.8) is 0 Å². The molecule has 1 aromatic carbocycles. The maximum atomic E-state index is 13.1. The second kappa shape index (κ2) is 3.75. The van der Waals surface area contributed by atoms with Gasteiger partial charge in [0.15, 0.2) is 5.82 Å². The van der Waals surface area contributed by atoms with E-state index in [4.69, 9.17) is 0 Å². The average molecular weight is 266 g/mol. The fraction of sp³-hybridized carbons (Fsp3) is 0.250. The van der Waals surface area contributed by atoms with Gasteiger partial charge in [-0.15, -0.1) is 0 Å². The topological polar surface area (TPSA) is 29.4 Å². The summed E-state index contributed by atoms with van der Waals surface area (Å²) < 4.78 is 28.8. The van der Waals surface area contributed by atoms with Crippen LogP contribution in [0.15, 0.2) is 27.0 Å². The Morgan fingerprint density at radius 3 is 2.54 bits per heavy atom. The summed E-state index contributed by atoms with van der Waals surface area (Å²) in [6.07, 6.45) is 2.93. The van der Waals surface area contributed by atoms with Crippen LogP contribution in [0.1, 0.15) is 0 Å². The van der Waals surface area contributed by atoms with E-state index in [9.17, 15) is 8.60 Å². The molecule has 72 valence electrons. The van der Waals surface area contributed by atoms with Gasteiger partial charge in [0.1, 0.15) is 5.69 Å². The van der Waals surface area contributed by atoms with Gasteiger partial charge < -0.3 is 0 Å². The predicted octanol–water partition coefficient (Wildman–Crippen LogP) is 2.95. The lowest BCUT2D eigenvalue weighted by atomic mass is 10.3. The van der Waals surface area contributed by atoms with Crippen molar-refractivity contribution in [2.75, 3.05) is 12.5 Å². The van der Waals surface area contributed by atoms with Crippen LogP contribution in [-0.4, -0.2) is 16.7 Å². The van der Waals surface area contributed by atoms with Gasteiger partial charge in [-0.25, -0.2) is 8.60 Å². The maximum Gasteiger partial charge on any atom is 0.150 e. The summed E-state index contributed by atoms with van der Waals surface area (Å²) >= 11 is 3.12. The fourth-order valence-corrected chi connectivity index (χ4v) is 1.75. The summed E-state index contributed by atoms with van der Waals surface area (Å²) in [5.41, 5.74) is 0.137. The molecule has 0 saturated carbocycles. The Kier molecular flexibility index (Phi) is 3.08. The van der Waals surface area contributed by atoms with Gasteiger partial charge >= 0.3 is 0 Å². The number of halogens is 2. The summed E-state index contributed by atoms with van der Waals surface area (Å²) in [5.74, 6) is -0.467. The monoisotopic (exact) mass is 265 g/mol. The smallest absolute Gasteiger partial charge is 0.150 e. The second-order valence-electron chi connectivity index (χ2n) is 2.87. The average Bonchev–Trinajstić information content (AvgIpc) is 1.93. The summed E-state index contributed by atoms with van der Waals surface area (Å²) in [4.78, 5) is 0. The highest BCUT2D eigenvalue weighted by molar-refractivity contribution is 9.10. The van der Waals surface area contributed by atoms with Gasteiger partial charge in [-0.2, -0.15) is 4.36 Å². The predicted molar refractivity (Wildman–Crippen MR) is 56.2 cm³/mol. The number of hydrogen-bond acceptors (Lipinski definition) is 2. The largest absolute Gasteiger partial charge is 0.250 e. The third kappa shape index (κ3) is 3.44. The molecular weight excluding hydrogens is 257 g/mol. The van der Waals surface area contributed by atoms with E-state index in [-0.39, 0.29) is 5.69 Å². The highest BCUT2D eigenvalue weighted by Gasteiger charge is 2.02. The number of nitrogens with zero attached hydrogens (tertiary/aromatic N) is 1. The molecule has 0 aromatic heterocycles. The van der Waals surface area contributed by atoms with Crippen LogP contribution in [0, 0.1) is 5.82 Å². The lowest BCUT2D eigenvalue weighted by Gasteiger charge is -1.98. The first-order chi connectivity index (χ1) is 5.88. The standard InChI is InChI=1S/C8H9BrFNOS/c1-13(2,12)11-8-4-3-6(9)5-7(8)10/h3-5H,1-2H3. The molecule has 0 fully saturated rings. The van der Waals surface area contributed by atoms with Gasteiger partial charge in [0.25, 0.3) is 0 Å². The minimum Gasteiger partial charge on any atom is -0.250 e. The van der Waals surface area contributed by atoms with Crippen LogP contribution in [0.5, 0.6) is 0 Å². The molecule has 0 atom stereocenters. The first-order valence-electron chi connectivity index (χ1n) is 3.51. The molecule has 1 rings (SSSR count). The van der Waals surface area contributed by atoms with Crippen LogP contribution in [0.25, 0.3) is 0 Å². The summed E-state index contributed by atoms with van der Waals surface area (Å²) in [6, 6.07) is 4.45. The molecule has 5 heteroatoms. The van der Waals surface area contributed by atoms with Crippen molar-refractivity contribution in [2.24, 2.45) is 4.36 Å².